The van der Waals surface area contributed by atoms with Gasteiger partial charge in [0.2, 0.25) is 5.91 Å². The molecule has 1 amide bonds. The number of amides is 1. The summed E-state index contributed by atoms with van der Waals surface area (Å²) in [5.74, 6) is 0.0363. The van der Waals surface area contributed by atoms with Crippen molar-refractivity contribution in [3.05, 3.63) is 35.9 Å². The average molecular weight is 275 g/mol. The van der Waals surface area contributed by atoms with Crippen LogP contribution in [0.5, 0.6) is 0 Å². The molecule has 1 saturated heterocycles. The molecule has 0 bridgehead atoms. The molecule has 1 heterocycles. The standard InChI is InChI=1S/C16H25N3O/c1-18-10-6-9-14(18)12-19(2)16(20)15(17)11-13-7-4-3-5-8-13/h3-5,7-8,14-15H,6,9-12,17H2,1-2H3. The number of rotatable bonds is 5. The molecule has 2 rings (SSSR count). The minimum absolute atomic E-state index is 0.0363. The van der Waals surface area contributed by atoms with E-state index in [2.05, 4.69) is 11.9 Å². The van der Waals surface area contributed by atoms with E-state index in [1.165, 1.54) is 12.8 Å². The first kappa shape index (κ1) is 15.0. The number of carbonyl (C=O) groups excluding carboxylic acids is 1. The summed E-state index contributed by atoms with van der Waals surface area (Å²) >= 11 is 0. The van der Waals surface area contributed by atoms with Gasteiger partial charge in [0, 0.05) is 19.6 Å². The summed E-state index contributed by atoms with van der Waals surface area (Å²) in [4.78, 5) is 16.4. The molecule has 1 fully saturated rings. The van der Waals surface area contributed by atoms with Gasteiger partial charge in [-0.3, -0.25) is 4.79 Å². The van der Waals surface area contributed by atoms with Gasteiger partial charge in [0.1, 0.15) is 0 Å². The van der Waals surface area contributed by atoms with Crippen LogP contribution in [-0.4, -0.2) is 55.0 Å². The normalized spacial score (nSPS) is 20.9. The number of hydrogen-bond donors (Lipinski definition) is 1. The van der Waals surface area contributed by atoms with Crippen molar-refractivity contribution in [2.45, 2.75) is 31.3 Å². The molecule has 1 aliphatic rings. The molecule has 0 aliphatic carbocycles. The fourth-order valence-electron chi connectivity index (χ4n) is 2.85. The zero-order chi connectivity index (χ0) is 14.5. The highest BCUT2D eigenvalue weighted by Crippen LogP contribution is 2.15. The Morgan fingerprint density at radius 2 is 2.15 bits per heavy atom. The molecule has 1 aliphatic heterocycles. The lowest BCUT2D eigenvalue weighted by Crippen LogP contribution is -2.47. The zero-order valence-electron chi connectivity index (χ0n) is 12.5. The summed E-state index contributed by atoms with van der Waals surface area (Å²) in [7, 11) is 3.99. The molecule has 1 aromatic rings. The van der Waals surface area contributed by atoms with Crippen LogP contribution < -0.4 is 5.73 Å². The van der Waals surface area contributed by atoms with Crippen LogP contribution in [0.15, 0.2) is 30.3 Å². The van der Waals surface area contributed by atoms with Gasteiger partial charge in [0.25, 0.3) is 0 Å². The topological polar surface area (TPSA) is 49.6 Å². The van der Waals surface area contributed by atoms with Gasteiger partial charge in [-0.05, 0) is 38.4 Å². The Labute approximate surface area is 121 Å². The molecule has 0 saturated carbocycles. The van der Waals surface area contributed by atoms with Gasteiger partial charge in [0.05, 0.1) is 6.04 Å². The summed E-state index contributed by atoms with van der Waals surface area (Å²) in [5.41, 5.74) is 7.17. The van der Waals surface area contributed by atoms with Crippen molar-refractivity contribution in [2.75, 3.05) is 27.2 Å². The van der Waals surface area contributed by atoms with Crippen LogP contribution in [0.1, 0.15) is 18.4 Å². The Kier molecular flexibility index (Phi) is 5.15. The second-order valence-electron chi connectivity index (χ2n) is 5.79. The van der Waals surface area contributed by atoms with Crippen molar-refractivity contribution in [3.8, 4) is 0 Å². The lowest BCUT2D eigenvalue weighted by Gasteiger charge is -2.27. The second-order valence-corrected chi connectivity index (χ2v) is 5.79. The smallest absolute Gasteiger partial charge is 0.239 e. The maximum atomic E-state index is 12.3. The Bertz CT molecular complexity index is 435. The Morgan fingerprint density at radius 3 is 2.75 bits per heavy atom. The van der Waals surface area contributed by atoms with Crippen LogP contribution in [0.2, 0.25) is 0 Å². The number of carbonyl (C=O) groups is 1. The minimum atomic E-state index is -0.450. The molecule has 0 radical (unpaired) electrons. The van der Waals surface area contributed by atoms with Crippen molar-refractivity contribution in [2.24, 2.45) is 5.73 Å². The molecule has 110 valence electrons. The van der Waals surface area contributed by atoms with Gasteiger partial charge in [-0.25, -0.2) is 0 Å². The van der Waals surface area contributed by atoms with E-state index in [-0.39, 0.29) is 5.91 Å². The summed E-state index contributed by atoms with van der Waals surface area (Å²) in [6, 6.07) is 9.98. The molecule has 2 N–H and O–H groups in total. The van der Waals surface area contributed by atoms with Gasteiger partial charge in [0.15, 0.2) is 0 Å². The lowest BCUT2D eigenvalue weighted by molar-refractivity contribution is -0.131. The molecule has 2 atom stereocenters. The van der Waals surface area contributed by atoms with Crippen molar-refractivity contribution in [1.82, 2.24) is 9.80 Å². The van der Waals surface area contributed by atoms with Crippen LogP contribution >= 0.6 is 0 Å². The van der Waals surface area contributed by atoms with E-state index in [0.717, 1.165) is 18.7 Å². The maximum absolute atomic E-state index is 12.3. The van der Waals surface area contributed by atoms with E-state index in [0.29, 0.717) is 12.5 Å². The molecule has 0 aromatic heterocycles. The van der Waals surface area contributed by atoms with E-state index >= 15 is 0 Å². The van der Waals surface area contributed by atoms with Crippen molar-refractivity contribution >= 4 is 5.91 Å². The summed E-state index contributed by atoms with van der Waals surface area (Å²) in [6.07, 6.45) is 2.99. The Morgan fingerprint density at radius 1 is 1.45 bits per heavy atom. The highest BCUT2D eigenvalue weighted by molar-refractivity contribution is 5.81. The zero-order valence-corrected chi connectivity index (χ0v) is 12.5. The maximum Gasteiger partial charge on any atom is 0.239 e. The van der Waals surface area contributed by atoms with E-state index in [1.807, 2.05) is 37.4 Å². The monoisotopic (exact) mass is 275 g/mol. The second kappa shape index (κ2) is 6.86. The molecule has 2 unspecified atom stereocenters. The van der Waals surface area contributed by atoms with Crippen LogP contribution in [0.4, 0.5) is 0 Å². The van der Waals surface area contributed by atoms with E-state index in [1.54, 1.807) is 4.90 Å². The minimum Gasteiger partial charge on any atom is -0.343 e. The number of benzene rings is 1. The van der Waals surface area contributed by atoms with Crippen LogP contribution in [0, 0.1) is 0 Å². The van der Waals surface area contributed by atoms with Gasteiger partial charge < -0.3 is 15.5 Å². The van der Waals surface area contributed by atoms with Gasteiger partial charge in [-0.2, -0.15) is 0 Å². The Hall–Kier alpha value is -1.39. The third-order valence-electron chi connectivity index (χ3n) is 4.15. The molecule has 1 aromatic carbocycles. The van der Waals surface area contributed by atoms with Gasteiger partial charge in [-0.1, -0.05) is 30.3 Å². The number of nitrogens with two attached hydrogens (primary N) is 1. The predicted octanol–water partition coefficient (Wildman–Crippen LogP) is 1.11. The van der Waals surface area contributed by atoms with Crippen molar-refractivity contribution < 1.29 is 4.79 Å². The molecule has 4 heteroatoms. The lowest BCUT2D eigenvalue weighted by atomic mass is 10.1. The summed E-state index contributed by atoms with van der Waals surface area (Å²) in [5, 5.41) is 0. The largest absolute Gasteiger partial charge is 0.343 e. The number of likely N-dealkylation sites (tertiary alicyclic amines) is 1. The van der Waals surface area contributed by atoms with Crippen molar-refractivity contribution in [1.29, 1.82) is 0 Å². The quantitative estimate of drug-likeness (QED) is 0.876. The number of likely N-dealkylation sites (N-methyl/N-ethyl adjacent to an activating group) is 2. The molecule has 20 heavy (non-hydrogen) atoms. The van der Waals surface area contributed by atoms with Gasteiger partial charge in [-0.15, -0.1) is 0 Å². The van der Waals surface area contributed by atoms with Crippen LogP contribution in [-0.2, 0) is 11.2 Å². The van der Waals surface area contributed by atoms with Crippen LogP contribution in [0.3, 0.4) is 0 Å². The first-order valence-electron chi connectivity index (χ1n) is 7.32. The fraction of sp³-hybridized carbons (Fsp3) is 0.562. The average Bonchev–Trinajstić information content (AvgIpc) is 2.84. The Balaban J connectivity index is 1.86. The first-order valence-corrected chi connectivity index (χ1v) is 7.32. The molecular formula is C16H25N3O. The molecule has 0 spiro atoms. The highest BCUT2D eigenvalue weighted by atomic mass is 16.2. The third kappa shape index (κ3) is 3.81. The highest BCUT2D eigenvalue weighted by Gasteiger charge is 2.25. The molecular weight excluding hydrogens is 250 g/mol. The number of hydrogen-bond acceptors (Lipinski definition) is 3. The number of nitrogens with zero attached hydrogens (tertiary/aromatic N) is 2. The molecule has 4 nitrogen and oxygen atoms in total. The fourth-order valence-corrected chi connectivity index (χ4v) is 2.85. The van der Waals surface area contributed by atoms with E-state index in [4.69, 9.17) is 5.73 Å². The van der Waals surface area contributed by atoms with E-state index in [9.17, 15) is 4.79 Å². The summed E-state index contributed by atoms with van der Waals surface area (Å²) < 4.78 is 0. The van der Waals surface area contributed by atoms with E-state index < -0.39 is 6.04 Å². The van der Waals surface area contributed by atoms with Gasteiger partial charge >= 0.3 is 0 Å². The third-order valence-corrected chi connectivity index (χ3v) is 4.15. The van der Waals surface area contributed by atoms with Crippen molar-refractivity contribution in [3.63, 3.8) is 0 Å². The SMILES string of the molecule is CN(CC1CCCN1C)C(=O)C(N)Cc1ccccc1. The predicted molar refractivity (Wildman–Crippen MR) is 81.4 cm³/mol. The summed E-state index contributed by atoms with van der Waals surface area (Å²) in [6.45, 7) is 1.90. The first-order chi connectivity index (χ1) is 9.58. The van der Waals surface area contributed by atoms with Crippen LogP contribution in [0.25, 0.3) is 0 Å².